The first-order valence-corrected chi connectivity index (χ1v) is 6.27. The molecule has 0 aliphatic rings. The predicted molar refractivity (Wildman–Crippen MR) is 69.0 cm³/mol. The van der Waals surface area contributed by atoms with E-state index in [2.05, 4.69) is 11.9 Å². The molecule has 0 aromatic heterocycles. The van der Waals surface area contributed by atoms with Gasteiger partial charge in [0.25, 0.3) is 0 Å². The lowest BCUT2D eigenvalue weighted by atomic mass is 10.2. The Morgan fingerprint density at radius 2 is 2.22 bits per heavy atom. The number of hydrogen-bond donors (Lipinski definition) is 1. The zero-order valence-electron chi connectivity index (χ0n) is 9.49. The average Bonchev–Trinajstić information content (AvgIpc) is 2.27. The monoisotopic (exact) mass is 274 g/mol. The van der Waals surface area contributed by atoms with Crippen LogP contribution in [0.4, 0.5) is 20.2 Å². The van der Waals surface area contributed by atoms with Gasteiger partial charge in [-0.15, -0.1) is 6.58 Å². The van der Waals surface area contributed by atoms with E-state index in [1.807, 2.05) is 0 Å². The van der Waals surface area contributed by atoms with Gasteiger partial charge in [0.05, 0.1) is 4.92 Å². The lowest BCUT2D eigenvalue weighted by Gasteiger charge is -2.07. The van der Waals surface area contributed by atoms with E-state index in [4.69, 9.17) is 0 Å². The van der Waals surface area contributed by atoms with Crippen molar-refractivity contribution in [3.05, 3.63) is 46.5 Å². The van der Waals surface area contributed by atoms with Gasteiger partial charge in [-0.2, -0.15) is 16.2 Å². The van der Waals surface area contributed by atoms with Crippen LogP contribution in [0, 0.1) is 21.7 Å². The summed E-state index contributed by atoms with van der Waals surface area (Å²) in [6.45, 7) is 3.92. The largest absolute Gasteiger partial charge is 0.378 e. The average molecular weight is 274 g/mol. The maximum absolute atomic E-state index is 13.3. The molecule has 1 aromatic carbocycles. The highest BCUT2D eigenvalue weighted by molar-refractivity contribution is 7.99. The molecule has 4 nitrogen and oxygen atoms in total. The molecular weight excluding hydrogens is 262 g/mol. The summed E-state index contributed by atoms with van der Waals surface area (Å²) < 4.78 is 26.2. The number of benzene rings is 1. The summed E-state index contributed by atoms with van der Waals surface area (Å²) in [6.07, 6.45) is 1.73. The lowest BCUT2D eigenvalue weighted by molar-refractivity contribution is -0.386. The van der Waals surface area contributed by atoms with E-state index in [0.29, 0.717) is 18.4 Å². The van der Waals surface area contributed by atoms with E-state index in [-0.39, 0.29) is 5.69 Å². The van der Waals surface area contributed by atoms with Crippen LogP contribution in [-0.2, 0) is 0 Å². The number of rotatable bonds is 7. The van der Waals surface area contributed by atoms with Crippen LogP contribution in [0.1, 0.15) is 0 Å². The van der Waals surface area contributed by atoms with Crippen LogP contribution in [0.5, 0.6) is 0 Å². The van der Waals surface area contributed by atoms with Gasteiger partial charge < -0.3 is 5.32 Å². The molecule has 0 aliphatic heterocycles. The summed E-state index contributed by atoms with van der Waals surface area (Å²) >= 11 is 1.56. The Kier molecular flexibility index (Phi) is 5.57. The Morgan fingerprint density at radius 3 is 2.83 bits per heavy atom. The van der Waals surface area contributed by atoms with Gasteiger partial charge in [-0.25, -0.2) is 4.39 Å². The fourth-order valence-corrected chi connectivity index (χ4v) is 1.89. The highest BCUT2D eigenvalue weighted by Crippen LogP contribution is 2.28. The van der Waals surface area contributed by atoms with E-state index in [1.165, 1.54) is 0 Å². The molecule has 7 heteroatoms. The van der Waals surface area contributed by atoms with Gasteiger partial charge >= 0.3 is 5.69 Å². The second-order valence-corrected chi connectivity index (χ2v) is 4.48. The van der Waals surface area contributed by atoms with Gasteiger partial charge in [-0.1, -0.05) is 6.08 Å². The number of thioether (sulfide) groups is 1. The van der Waals surface area contributed by atoms with Crippen molar-refractivity contribution in [1.29, 1.82) is 0 Å². The predicted octanol–water partition coefficient (Wildman–Crippen LogP) is 3.20. The number of nitro benzene ring substituents is 1. The molecule has 1 N–H and O–H groups in total. The van der Waals surface area contributed by atoms with Crippen LogP contribution >= 0.6 is 11.8 Å². The van der Waals surface area contributed by atoms with E-state index in [1.54, 1.807) is 17.8 Å². The molecule has 0 fully saturated rings. The van der Waals surface area contributed by atoms with Crippen molar-refractivity contribution in [3.8, 4) is 0 Å². The number of halogens is 2. The summed E-state index contributed by atoms with van der Waals surface area (Å²) in [7, 11) is 0. The first-order chi connectivity index (χ1) is 8.56. The molecule has 0 saturated heterocycles. The van der Waals surface area contributed by atoms with E-state index >= 15 is 0 Å². The first-order valence-electron chi connectivity index (χ1n) is 5.12. The van der Waals surface area contributed by atoms with Crippen LogP contribution in [-0.4, -0.2) is 23.0 Å². The van der Waals surface area contributed by atoms with Crippen molar-refractivity contribution in [2.75, 3.05) is 23.4 Å². The standard InChI is InChI=1S/C11H12F2N2O2S/c1-2-4-18-5-3-14-10-7-8(12)6-9(13)11(10)15(16)17/h2,6-7,14H,1,3-5H2. The van der Waals surface area contributed by atoms with Crippen molar-refractivity contribution >= 4 is 23.1 Å². The topological polar surface area (TPSA) is 55.2 Å². The molecule has 1 aromatic rings. The van der Waals surface area contributed by atoms with Gasteiger partial charge in [0.2, 0.25) is 5.82 Å². The number of nitrogens with one attached hydrogen (secondary N) is 1. The van der Waals surface area contributed by atoms with Crippen molar-refractivity contribution in [2.45, 2.75) is 0 Å². The SMILES string of the molecule is C=CCSCCNc1cc(F)cc(F)c1[N+](=O)[O-]. The highest BCUT2D eigenvalue weighted by Gasteiger charge is 2.21. The van der Waals surface area contributed by atoms with Gasteiger partial charge in [0.1, 0.15) is 11.5 Å². The summed E-state index contributed by atoms with van der Waals surface area (Å²) in [5.41, 5.74) is -0.873. The van der Waals surface area contributed by atoms with E-state index in [0.717, 1.165) is 11.8 Å². The number of anilines is 1. The van der Waals surface area contributed by atoms with Crippen LogP contribution < -0.4 is 5.32 Å². The van der Waals surface area contributed by atoms with Crippen molar-refractivity contribution in [2.24, 2.45) is 0 Å². The molecule has 1 rings (SSSR count). The van der Waals surface area contributed by atoms with Crippen molar-refractivity contribution in [1.82, 2.24) is 0 Å². The Morgan fingerprint density at radius 1 is 1.50 bits per heavy atom. The summed E-state index contributed by atoms with van der Waals surface area (Å²) in [5.74, 6) is -0.622. The van der Waals surface area contributed by atoms with E-state index < -0.39 is 22.2 Å². The van der Waals surface area contributed by atoms with Gasteiger partial charge in [0, 0.05) is 30.2 Å². The molecule has 98 valence electrons. The summed E-state index contributed by atoms with van der Waals surface area (Å²) in [5, 5.41) is 13.3. The molecule has 0 heterocycles. The second kappa shape index (κ2) is 6.95. The highest BCUT2D eigenvalue weighted by atomic mass is 32.2. The van der Waals surface area contributed by atoms with Crippen molar-refractivity contribution in [3.63, 3.8) is 0 Å². The summed E-state index contributed by atoms with van der Waals surface area (Å²) in [6, 6.07) is 1.41. The first kappa shape index (κ1) is 14.4. The molecule has 0 amide bonds. The zero-order valence-corrected chi connectivity index (χ0v) is 10.3. The Hall–Kier alpha value is -1.63. The van der Waals surface area contributed by atoms with Crippen LogP contribution in [0.25, 0.3) is 0 Å². The third kappa shape index (κ3) is 3.99. The van der Waals surface area contributed by atoms with Gasteiger partial charge in [-0.05, 0) is 0 Å². The third-order valence-electron chi connectivity index (χ3n) is 2.01. The molecule has 0 aliphatic carbocycles. The Labute approximate surface area is 107 Å². The smallest absolute Gasteiger partial charge is 0.327 e. The second-order valence-electron chi connectivity index (χ2n) is 3.33. The minimum Gasteiger partial charge on any atom is -0.378 e. The van der Waals surface area contributed by atoms with Crippen LogP contribution in [0.3, 0.4) is 0 Å². The minimum absolute atomic E-state index is 0.142. The fourth-order valence-electron chi connectivity index (χ4n) is 1.31. The van der Waals surface area contributed by atoms with E-state index in [9.17, 15) is 18.9 Å². The minimum atomic E-state index is -1.18. The molecule has 0 bridgehead atoms. The quantitative estimate of drug-likeness (QED) is 0.359. The summed E-state index contributed by atoms with van der Waals surface area (Å²) in [4.78, 5) is 9.81. The molecule has 0 atom stereocenters. The maximum atomic E-state index is 13.3. The maximum Gasteiger partial charge on any atom is 0.327 e. The van der Waals surface area contributed by atoms with Crippen molar-refractivity contribution < 1.29 is 13.7 Å². The lowest BCUT2D eigenvalue weighted by Crippen LogP contribution is -2.08. The number of nitro groups is 1. The fraction of sp³-hybridized carbons (Fsp3) is 0.273. The van der Waals surface area contributed by atoms with Crippen LogP contribution in [0.15, 0.2) is 24.8 Å². The van der Waals surface area contributed by atoms with Gasteiger partial charge in [-0.3, -0.25) is 10.1 Å². The number of hydrogen-bond acceptors (Lipinski definition) is 4. The Balaban J connectivity index is 2.74. The third-order valence-corrected chi connectivity index (χ3v) is 2.97. The molecular formula is C11H12F2N2O2S. The molecule has 18 heavy (non-hydrogen) atoms. The zero-order chi connectivity index (χ0) is 13.5. The Bertz CT molecular complexity index is 455. The molecule has 0 unspecified atom stereocenters. The molecule has 0 spiro atoms. The molecule has 0 radical (unpaired) electrons. The van der Waals surface area contributed by atoms with Crippen LogP contribution in [0.2, 0.25) is 0 Å². The molecule has 0 saturated carbocycles. The number of nitrogens with zero attached hydrogens (tertiary/aromatic N) is 1. The normalized spacial score (nSPS) is 10.1. The van der Waals surface area contributed by atoms with Gasteiger partial charge in [0.15, 0.2) is 0 Å².